The van der Waals surface area contributed by atoms with Gasteiger partial charge in [0.05, 0.1) is 0 Å². The number of carbonyl (C=O) groups is 1. The molecule has 0 aromatic rings. The molecule has 0 heterocycles. The molecule has 1 unspecified atom stereocenters. The molecule has 0 aliphatic carbocycles. The van der Waals surface area contributed by atoms with E-state index in [9.17, 15) is 13.2 Å². The fraction of sp³-hybridized carbons (Fsp3) is 0.917. The summed E-state index contributed by atoms with van der Waals surface area (Å²) >= 11 is 0. The van der Waals surface area contributed by atoms with E-state index in [1.165, 1.54) is 13.8 Å². The molecule has 0 fully saturated rings. The highest BCUT2D eigenvalue weighted by molar-refractivity contribution is 7.92. The van der Waals surface area contributed by atoms with Gasteiger partial charge in [-0.3, -0.25) is 4.79 Å². The summed E-state index contributed by atoms with van der Waals surface area (Å²) in [5, 5.41) is 2.64. The SMILES string of the molecule is CCC(CC)C(N)CNC(=O)C(C)(C)S(C)(=O)=O. The minimum absolute atomic E-state index is 0.140. The fourth-order valence-electron chi connectivity index (χ4n) is 1.65. The standard InChI is InChI=1S/C12H26N2O3S/c1-6-9(7-2)10(13)8-14-11(15)12(3,4)18(5,16)17/h9-10H,6-8,13H2,1-5H3,(H,14,15). The van der Waals surface area contributed by atoms with Crippen LogP contribution in [0, 0.1) is 5.92 Å². The van der Waals surface area contributed by atoms with E-state index in [1.807, 2.05) is 0 Å². The Bertz CT molecular complexity index is 373. The number of rotatable bonds is 7. The molecule has 0 saturated heterocycles. The lowest BCUT2D eigenvalue weighted by Gasteiger charge is -2.25. The van der Waals surface area contributed by atoms with Gasteiger partial charge in [-0.2, -0.15) is 0 Å². The van der Waals surface area contributed by atoms with Gasteiger partial charge >= 0.3 is 0 Å². The Balaban J connectivity index is 4.53. The highest BCUT2D eigenvalue weighted by atomic mass is 32.2. The third-order valence-electron chi connectivity index (χ3n) is 3.63. The van der Waals surface area contributed by atoms with E-state index in [1.54, 1.807) is 0 Å². The molecular formula is C12H26N2O3S. The normalized spacial score (nSPS) is 14.6. The van der Waals surface area contributed by atoms with Crippen LogP contribution in [0.1, 0.15) is 40.5 Å². The van der Waals surface area contributed by atoms with Gasteiger partial charge in [-0.05, 0) is 19.8 Å². The average Bonchev–Trinajstić information content (AvgIpc) is 2.25. The van der Waals surface area contributed by atoms with Crippen LogP contribution in [0.4, 0.5) is 0 Å². The average molecular weight is 278 g/mol. The topological polar surface area (TPSA) is 89.3 Å². The molecule has 108 valence electrons. The van der Waals surface area contributed by atoms with Crippen molar-refractivity contribution < 1.29 is 13.2 Å². The van der Waals surface area contributed by atoms with Crippen LogP contribution in [-0.2, 0) is 14.6 Å². The van der Waals surface area contributed by atoms with Gasteiger partial charge in [0, 0.05) is 18.8 Å². The first-order valence-electron chi connectivity index (χ1n) is 6.31. The van der Waals surface area contributed by atoms with Crippen LogP contribution in [-0.4, -0.2) is 37.9 Å². The van der Waals surface area contributed by atoms with E-state index in [-0.39, 0.29) is 6.04 Å². The van der Waals surface area contributed by atoms with Crippen LogP contribution in [0.3, 0.4) is 0 Å². The molecule has 0 spiro atoms. The van der Waals surface area contributed by atoms with Crippen molar-refractivity contribution in [2.24, 2.45) is 11.7 Å². The van der Waals surface area contributed by atoms with Crippen LogP contribution >= 0.6 is 0 Å². The molecule has 5 nitrogen and oxygen atoms in total. The van der Waals surface area contributed by atoms with E-state index in [2.05, 4.69) is 19.2 Å². The summed E-state index contributed by atoms with van der Waals surface area (Å²) in [6.07, 6.45) is 2.96. The van der Waals surface area contributed by atoms with Crippen LogP contribution in [0.15, 0.2) is 0 Å². The van der Waals surface area contributed by atoms with Crippen molar-refractivity contribution in [1.29, 1.82) is 0 Å². The highest BCUT2D eigenvalue weighted by Gasteiger charge is 2.38. The monoisotopic (exact) mass is 278 g/mol. The first-order chi connectivity index (χ1) is 8.07. The van der Waals surface area contributed by atoms with Crippen molar-refractivity contribution in [3.05, 3.63) is 0 Å². The summed E-state index contributed by atoms with van der Waals surface area (Å²) < 4.78 is 21.6. The molecule has 0 bridgehead atoms. The zero-order chi connectivity index (χ0) is 14.6. The molecule has 0 aromatic heterocycles. The molecule has 3 N–H and O–H groups in total. The number of sulfone groups is 1. The van der Waals surface area contributed by atoms with E-state index < -0.39 is 20.5 Å². The molecule has 0 aliphatic heterocycles. The summed E-state index contributed by atoms with van der Waals surface area (Å²) in [4.78, 5) is 11.9. The van der Waals surface area contributed by atoms with E-state index >= 15 is 0 Å². The van der Waals surface area contributed by atoms with E-state index in [0.29, 0.717) is 12.5 Å². The van der Waals surface area contributed by atoms with Gasteiger partial charge in [-0.15, -0.1) is 0 Å². The molecular weight excluding hydrogens is 252 g/mol. The lowest BCUT2D eigenvalue weighted by Crippen LogP contribution is -2.51. The van der Waals surface area contributed by atoms with Gasteiger partial charge in [-0.1, -0.05) is 26.7 Å². The first kappa shape index (κ1) is 17.4. The van der Waals surface area contributed by atoms with Crippen molar-refractivity contribution in [3.8, 4) is 0 Å². The van der Waals surface area contributed by atoms with Gasteiger partial charge in [0.15, 0.2) is 9.84 Å². The first-order valence-corrected chi connectivity index (χ1v) is 8.20. The quantitative estimate of drug-likeness (QED) is 0.717. The second-order valence-electron chi connectivity index (χ2n) is 5.23. The van der Waals surface area contributed by atoms with Gasteiger partial charge in [0.2, 0.25) is 5.91 Å². The maximum absolute atomic E-state index is 11.9. The number of amides is 1. The van der Waals surface area contributed by atoms with Crippen molar-refractivity contribution in [2.45, 2.75) is 51.3 Å². The molecule has 0 saturated carbocycles. The molecule has 0 aromatic carbocycles. The molecule has 1 atom stereocenters. The molecule has 18 heavy (non-hydrogen) atoms. The van der Waals surface area contributed by atoms with Crippen molar-refractivity contribution in [2.75, 3.05) is 12.8 Å². The van der Waals surface area contributed by atoms with Crippen molar-refractivity contribution in [3.63, 3.8) is 0 Å². The number of nitrogens with one attached hydrogen (secondary N) is 1. The van der Waals surface area contributed by atoms with Crippen LogP contribution in [0.2, 0.25) is 0 Å². The van der Waals surface area contributed by atoms with Crippen LogP contribution < -0.4 is 11.1 Å². The van der Waals surface area contributed by atoms with Gasteiger partial charge in [0.25, 0.3) is 0 Å². The number of carbonyl (C=O) groups excluding carboxylic acids is 1. The Morgan fingerprint density at radius 2 is 1.72 bits per heavy atom. The minimum Gasteiger partial charge on any atom is -0.353 e. The van der Waals surface area contributed by atoms with Crippen LogP contribution in [0.5, 0.6) is 0 Å². The second-order valence-corrected chi connectivity index (χ2v) is 7.80. The van der Waals surface area contributed by atoms with E-state index in [0.717, 1.165) is 19.1 Å². The predicted molar refractivity (Wildman–Crippen MR) is 74.0 cm³/mol. The Kier molecular flexibility index (Phi) is 6.29. The number of hydrogen-bond donors (Lipinski definition) is 2. The zero-order valence-electron chi connectivity index (χ0n) is 12.0. The lowest BCUT2D eigenvalue weighted by atomic mass is 9.95. The highest BCUT2D eigenvalue weighted by Crippen LogP contribution is 2.15. The van der Waals surface area contributed by atoms with Gasteiger partial charge < -0.3 is 11.1 Å². The fourth-order valence-corrected chi connectivity index (χ4v) is 2.06. The lowest BCUT2D eigenvalue weighted by molar-refractivity contribution is -0.122. The number of hydrogen-bond acceptors (Lipinski definition) is 4. The Morgan fingerprint density at radius 3 is 2.06 bits per heavy atom. The number of nitrogens with two attached hydrogens (primary N) is 1. The van der Waals surface area contributed by atoms with Crippen molar-refractivity contribution in [1.82, 2.24) is 5.32 Å². The second kappa shape index (κ2) is 6.52. The van der Waals surface area contributed by atoms with Crippen LogP contribution in [0.25, 0.3) is 0 Å². The smallest absolute Gasteiger partial charge is 0.240 e. The Labute approximate surface area is 110 Å². The Hall–Kier alpha value is -0.620. The molecule has 1 amide bonds. The third-order valence-corrected chi connectivity index (χ3v) is 5.67. The largest absolute Gasteiger partial charge is 0.353 e. The van der Waals surface area contributed by atoms with Gasteiger partial charge in [0.1, 0.15) is 4.75 Å². The summed E-state index contributed by atoms with van der Waals surface area (Å²) in [7, 11) is -3.43. The van der Waals surface area contributed by atoms with E-state index in [4.69, 9.17) is 5.73 Å². The maximum atomic E-state index is 11.9. The van der Waals surface area contributed by atoms with Crippen molar-refractivity contribution >= 4 is 15.7 Å². The predicted octanol–water partition coefficient (Wildman–Crippen LogP) is 0.689. The summed E-state index contributed by atoms with van der Waals surface area (Å²) in [6.45, 7) is 7.22. The Morgan fingerprint density at radius 1 is 1.28 bits per heavy atom. The zero-order valence-corrected chi connectivity index (χ0v) is 12.8. The minimum atomic E-state index is -3.43. The van der Waals surface area contributed by atoms with Gasteiger partial charge in [-0.25, -0.2) is 8.42 Å². The molecule has 0 radical (unpaired) electrons. The summed E-state index contributed by atoms with van der Waals surface area (Å²) in [6, 6.07) is -0.140. The summed E-state index contributed by atoms with van der Waals surface area (Å²) in [5.74, 6) is -0.155. The molecule has 6 heteroatoms. The third kappa shape index (κ3) is 4.24. The molecule has 0 rings (SSSR count). The molecule has 0 aliphatic rings. The summed E-state index contributed by atoms with van der Waals surface area (Å²) in [5.41, 5.74) is 5.98. The maximum Gasteiger partial charge on any atom is 0.240 e.